The maximum Gasteiger partial charge on any atom is 0.326 e. The summed E-state index contributed by atoms with van der Waals surface area (Å²) in [6.07, 6.45) is 1.59. The van der Waals surface area contributed by atoms with Crippen molar-refractivity contribution in [3.63, 3.8) is 0 Å². The molecule has 2 N–H and O–H groups in total. The lowest BCUT2D eigenvalue weighted by atomic mass is 10.1. The van der Waals surface area contributed by atoms with Crippen LogP contribution in [0.3, 0.4) is 0 Å². The highest BCUT2D eigenvalue weighted by atomic mass is 35.5. The van der Waals surface area contributed by atoms with E-state index in [0.717, 1.165) is 18.9 Å². The molecule has 1 aromatic rings. The first-order valence-corrected chi connectivity index (χ1v) is 5.85. The summed E-state index contributed by atoms with van der Waals surface area (Å²) in [6.45, 7) is 0. The fraction of sp³-hybridized carbons (Fsp3) is 0.333. The average molecular weight is 272 g/mol. The summed E-state index contributed by atoms with van der Waals surface area (Å²) in [4.78, 5) is 22.8. The Hall–Kier alpha value is -1.62. The number of nitrogens with one attached hydrogen (secondary N) is 1. The highest BCUT2D eigenvalue weighted by Gasteiger charge is 2.37. The van der Waals surface area contributed by atoms with E-state index in [1.165, 1.54) is 12.1 Å². The third kappa shape index (κ3) is 2.79. The summed E-state index contributed by atoms with van der Waals surface area (Å²) >= 11 is 5.56. The number of halogens is 2. The van der Waals surface area contributed by atoms with Crippen molar-refractivity contribution in [2.45, 2.75) is 18.9 Å². The quantitative estimate of drug-likeness (QED) is 0.881. The van der Waals surface area contributed by atoms with Crippen LogP contribution in [0.5, 0.6) is 0 Å². The molecule has 1 saturated carbocycles. The van der Waals surface area contributed by atoms with E-state index in [4.69, 9.17) is 16.7 Å². The highest BCUT2D eigenvalue weighted by Crippen LogP contribution is 2.32. The van der Waals surface area contributed by atoms with Crippen molar-refractivity contribution in [1.82, 2.24) is 5.32 Å². The molecule has 1 atom stereocenters. The van der Waals surface area contributed by atoms with E-state index in [9.17, 15) is 14.0 Å². The molecule has 0 spiro atoms. The van der Waals surface area contributed by atoms with Gasteiger partial charge in [0.05, 0.1) is 5.02 Å². The van der Waals surface area contributed by atoms with Gasteiger partial charge in [0.15, 0.2) is 0 Å². The van der Waals surface area contributed by atoms with Gasteiger partial charge in [0.25, 0.3) is 5.91 Å². The van der Waals surface area contributed by atoms with Crippen LogP contribution in [0.15, 0.2) is 18.2 Å². The highest BCUT2D eigenvalue weighted by molar-refractivity contribution is 6.31. The number of amides is 1. The van der Waals surface area contributed by atoms with Crippen molar-refractivity contribution >= 4 is 23.5 Å². The largest absolute Gasteiger partial charge is 0.480 e. The molecular weight excluding hydrogens is 261 g/mol. The van der Waals surface area contributed by atoms with E-state index < -0.39 is 23.7 Å². The average Bonchev–Trinajstić information content (AvgIpc) is 3.13. The molecule has 1 aliphatic carbocycles. The van der Waals surface area contributed by atoms with Gasteiger partial charge in [0, 0.05) is 5.56 Å². The second-order valence-corrected chi connectivity index (χ2v) is 4.66. The number of hydrogen-bond donors (Lipinski definition) is 2. The molecule has 1 unspecified atom stereocenters. The van der Waals surface area contributed by atoms with E-state index in [2.05, 4.69) is 5.32 Å². The van der Waals surface area contributed by atoms with Crippen LogP contribution >= 0.6 is 11.6 Å². The zero-order chi connectivity index (χ0) is 13.3. The molecule has 96 valence electrons. The van der Waals surface area contributed by atoms with Gasteiger partial charge in [-0.3, -0.25) is 4.79 Å². The number of aliphatic carboxylic acids is 1. The number of rotatable bonds is 4. The second-order valence-electron chi connectivity index (χ2n) is 4.26. The standard InChI is InChI=1S/C12H11ClFNO3/c13-8-5-7(3-4-9(8)14)11(16)15-10(12(17)18)6-1-2-6/h3-6,10H,1-2H2,(H,15,16)(H,17,18). The first-order chi connectivity index (χ1) is 8.49. The topological polar surface area (TPSA) is 66.4 Å². The molecule has 1 fully saturated rings. The Morgan fingerprint density at radius 3 is 2.61 bits per heavy atom. The van der Waals surface area contributed by atoms with Crippen LogP contribution in [-0.4, -0.2) is 23.0 Å². The lowest BCUT2D eigenvalue weighted by molar-refractivity contribution is -0.139. The monoisotopic (exact) mass is 271 g/mol. The number of carbonyl (C=O) groups excluding carboxylic acids is 1. The molecule has 4 nitrogen and oxygen atoms in total. The van der Waals surface area contributed by atoms with E-state index in [0.29, 0.717) is 0 Å². The molecule has 6 heteroatoms. The molecule has 0 saturated heterocycles. The summed E-state index contributed by atoms with van der Waals surface area (Å²) < 4.78 is 12.9. The Morgan fingerprint density at radius 2 is 2.11 bits per heavy atom. The lowest BCUT2D eigenvalue weighted by Crippen LogP contribution is -2.42. The van der Waals surface area contributed by atoms with E-state index in [-0.39, 0.29) is 16.5 Å². The van der Waals surface area contributed by atoms with Gasteiger partial charge < -0.3 is 10.4 Å². The van der Waals surface area contributed by atoms with Crippen LogP contribution in [0.25, 0.3) is 0 Å². The molecule has 2 rings (SSSR count). The van der Waals surface area contributed by atoms with Gasteiger partial charge in [-0.15, -0.1) is 0 Å². The summed E-state index contributed by atoms with van der Waals surface area (Å²) in [5.74, 6) is -2.25. The van der Waals surface area contributed by atoms with Crippen LogP contribution < -0.4 is 5.32 Å². The molecule has 1 aromatic carbocycles. The Balaban J connectivity index is 2.10. The Bertz CT molecular complexity index is 502. The summed E-state index contributed by atoms with van der Waals surface area (Å²) in [6, 6.07) is 2.63. The van der Waals surface area contributed by atoms with Crippen molar-refractivity contribution in [1.29, 1.82) is 0 Å². The van der Waals surface area contributed by atoms with Gasteiger partial charge in [-0.2, -0.15) is 0 Å². The molecule has 0 bridgehead atoms. The smallest absolute Gasteiger partial charge is 0.326 e. The van der Waals surface area contributed by atoms with Crippen molar-refractivity contribution in [3.8, 4) is 0 Å². The predicted molar refractivity (Wildman–Crippen MR) is 63.0 cm³/mol. The van der Waals surface area contributed by atoms with Gasteiger partial charge in [-0.1, -0.05) is 11.6 Å². The first kappa shape index (κ1) is 12.8. The van der Waals surface area contributed by atoms with Crippen LogP contribution in [0, 0.1) is 11.7 Å². The Labute approximate surface area is 108 Å². The van der Waals surface area contributed by atoms with Gasteiger partial charge in [0.2, 0.25) is 0 Å². The molecule has 18 heavy (non-hydrogen) atoms. The summed E-state index contributed by atoms with van der Waals surface area (Å²) in [5.41, 5.74) is 0.147. The third-order valence-electron chi connectivity index (χ3n) is 2.83. The molecule has 1 amide bonds. The van der Waals surface area contributed by atoms with E-state index in [1.807, 2.05) is 0 Å². The minimum Gasteiger partial charge on any atom is -0.480 e. The van der Waals surface area contributed by atoms with Crippen LogP contribution in [0.4, 0.5) is 4.39 Å². The van der Waals surface area contributed by atoms with Crippen LogP contribution in [0.2, 0.25) is 5.02 Å². The normalized spacial score (nSPS) is 16.1. The minimum atomic E-state index is -1.06. The lowest BCUT2D eigenvalue weighted by Gasteiger charge is -2.13. The second kappa shape index (κ2) is 4.94. The number of carboxylic acids is 1. The number of hydrogen-bond acceptors (Lipinski definition) is 2. The fourth-order valence-corrected chi connectivity index (χ4v) is 1.85. The molecule has 0 heterocycles. The predicted octanol–water partition coefficient (Wildman–Crippen LogP) is 2.07. The van der Waals surface area contributed by atoms with Crippen molar-refractivity contribution in [2.75, 3.05) is 0 Å². The van der Waals surface area contributed by atoms with Gasteiger partial charge in [0.1, 0.15) is 11.9 Å². The fourth-order valence-electron chi connectivity index (χ4n) is 1.67. The first-order valence-electron chi connectivity index (χ1n) is 5.48. The maximum absolute atomic E-state index is 12.9. The SMILES string of the molecule is O=C(NC(C(=O)O)C1CC1)c1ccc(F)c(Cl)c1. The van der Waals surface area contributed by atoms with Crippen LogP contribution in [-0.2, 0) is 4.79 Å². The van der Waals surface area contributed by atoms with Crippen molar-refractivity contribution in [3.05, 3.63) is 34.6 Å². The summed E-state index contributed by atoms with van der Waals surface area (Å²) in [7, 11) is 0. The number of carboxylic acid groups (broad SMARTS) is 1. The van der Waals surface area contributed by atoms with Crippen LogP contribution in [0.1, 0.15) is 23.2 Å². The van der Waals surface area contributed by atoms with Crippen molar-refractivity contribution in [2.24, 2.45) is 5.92 Å². The zero-order valence-electron chi connectivity index (χ0n) is 9.32. The minimum absolute atomic E-state index is 0.0117. The van der Waals surface area contributed by atoms with Crippen molar-refractivity contribution < 1.29 is 19.1 Å². The Kier molecular flexibility index (Phi) is 3.52. The van der Waals surface area contributed by atoms with E-state index in [1.54, 1.807) is 0 Å². The third-order valence-corrected chi connectivity index (χ3v) is 3.12. The molecule has 0 aliphatic heterocycles. The van der Waals surface area contributed by atoms with Gasteiger partial charge in [-0.05, 0) is 37.0 Å². The number of carbonyl (C=O) groups is 2. The maximum atomic E-state index is 12.9. The molecule has 0 radical (unpaired) electrons. The van der Waals surface area contributed by atoms with Gasteiger partial charge in [-0.25, -0.2) is 9.18 Å². The Morgan fingerprint density at radius 1 is 1.44 bits per heavy atom. The molecule has 1 aliphatic rings. The zero-order valence-corrected chi connectivity index (χ0v) is 10.1. The summed E-state index contributed by atoms with van der Waals surface area (Å²) in [5, 5.41) is 11.2. The molecular formula is C12H11ClFNO3. The number of benzene rings is 1. The van der Waals surface area contributed by atoms with Gasteiger partial charge >= 0.3 is 5.97 Å². The molecule has 0 aromatic heterocycles. The van der Waals surface area contributed by atoms with E-state index >= 15 is 0 Å².